The molecule has 25 heavy (non-hydrogen) atoms. The van der Waals surface area contributed by atoms with Gasteiger partial charge in [-0.2, -0.15) is 5.10 Å². The topological polar surface area (TPSA) is 82.4 Å². The second kappa shape index (κ2) is 6.29. The number of pyridine rings is 1. The van der Waals surface area contributed by atoms with Crippen LogP contribution in [-0.4, -0.2) is 56.7 Å². The fraction of sp³-hybridized carbons (Fsp3) is 0.412. The number of anilines is 1. The molecule has 0 saturated heterocycles. The van der Waals surface area contributed by atoms with E-state index < -0.39 is 0 Å². The van der Waals surface area contributed by atoms with Crippen molar-refractivity contribution in [2.24, 2.45) is 0 Å². The SMILES string of the molecule is CN(C)c1nc2c(c(=O)[nH]1)CCN(Cc1cccc3ncnn13)CC2. The van der Waals surface area contributed by atoms with E-state index in [0.29, 0.717) is 12.4 Å². The third-order valence-electron chi connectivity index (χ3n) is 4.62. The van der Waals surface area contributed by atoms with Gasteiger partial charge in [0.25, 0.3) is 5.56 Å². The van der Waals surface area contributed by atoms with Gasteiger partial charge in [0.05, 0.1) is 11.4 Å². The smallest absolute Gasteiger partial charge is 0.255 e. The molecule has 1 N–H and O–H groups in total. The van der Waals surface area contributed by atoms with Gasteiger partial charge >= 0.3 is 0 Å². The van der Waals surface area contributed by atoms with Crippen molar-refractivity contribution in [2.75, 3.05) is 32.1 Å². The lowest BCUT2D eigenvalue weighted by atomic mass is 10.1. The summed E-state index contributed by atoms with van der Waals surface area (Å²) >= 11 is 0. The van der Waals surface area contributed by atoms with E-state index in [1.165, 1.54) is 0 Å². The Bertz CT molecular complexity index is 959. The summed E-state index contributed by atoms with van der Waals surface area (Å²) in [5, 5.41) is 4.30. The van der Waals surface area contributed by atoms with E-state index in [9.17, 15) is 4.79 Å². The van der Waals surface area contributed by atoms with Crippen LogP contribution >= 0.6 is 0 Å². The van der Waals surface area contributed by atoms with Crippen molar-refractivity contribution >= 4 is 11.6 Å². The van der Waals surface area contributed by atoms with Gasteiger partial charge in [-0.15, -0.1) is 0 Å². The Hall–Kier alpha value is -2.74. The number of aromatic nitrogens is 5. The molecule has 4 rings (SSSR count). The Labute approximate surface area is 145 Å². The quantitative estimate of drug-likeness (QED) is 0.747. The zero-order valence-corrected chi connectivity index (χ0v) is 14.4. The first-order valence-corrected chi connectivity index (χ1v) is 8.41. The number of nitrogens with one attached hydrogen (secondary N) is 1. The van der Waals surface area contributed by atoms with E-state index >= 15 is 0 Å². The van der Waals surface area contributed by atoms with Crippen LogP contribution in [-0.2, 0) is 19.4 Å². The maximum Gasteiger partial charge on any atom is 0.255 e. The molecule has 0 saturated carbocycles. The van der Waals surface area contributed by atoms with Gasteiger partial charge in [0.15, 0.2) is 5.65 Å². The summed E-state index contributed by atoms with van der Waals surface area (Å²) in [4.78, 5) is 28.3. The first-order valence-electron chi connectivity index (χ1n) is 8.41. The van der Waals surface area contributed by atoms with Crippen molar-refractivity contribution in [3.63, 3.8) is 0 Å². The highest BCUT2D eigenvalue weighted by molar-refractivity contribution is 5.37. The largest absolute Gasteiger partial charge is 0.348 e. The minimum absolute atomic E-state index is 0.0195. The Morgan fingerprint density at radius 3 is 2.92 bits per heavy atom. The maximum absolute atomic E-state index is 12.4. The van der Waals surface area contributed by atoms with E-state index in [2.05, 4.69) is 31.0 Å². The van der Waals surface area contributed by atoms with Crippen LogP contribution < -0.4 is 10.5 Å². The number of aromatic amines is 1. The fourth-order valence-electron chi connectivity index (χ4n) is 3.26. The van der Waals surface area contributed by atoms with Gasteiger partial charge in [0.2, 0.25) is 5.95 Å². The lowest BCUT2D eigenvalue weighted by molar-refractivity contribution is 0.273. The molecule has 0 atom stereocenters. The highest BCUT2D eigenvalue weighted by Gasteiger charge is 2.20. The molecule has 0 fully saturated rings. The molecular weight excluding hydrogens is 318 g/mol. The lowest BCUT2D eigenvalue weighted by Gasteiger charge is -2.19. The molecule has 0 unspecified atom stereocenters. The van der Waals surface area contributed by atoms with Crippen LogP contribution in [0.5, 0.6) is 0 Å². The molecule has 0 radical (unpaired) electrons. The van der Waals surface area contributed by atoms with Crippen LogP contribution in [0.4, 0.5) is 5.95 Å². The van der Waals surface area contributed by atoms with Gasteiger partial charge in [-0.25, -0.2) is 14.5 Å². The molecule has 3 aromatic heterocycles. The van der Waals surface area contributed by atoms with E-state index in [1.54, 1.807) is 6.33 Å². The molecule has 0 amide bonds. The lowest BCUT2D eigenvalue weighted by Crippen LogP contribution is -2.27. The van der Waals surface area contributed by atoms with E-state index in [-0.39, 0.29) is 5.56 Å². The van der Waals surface area contributed by atoms with E-state index in [0.717, 1.165) is 48.7 Å². The van der Waals surface area contributed by atoms with Gasteiger partial charge in [-0.1, -0.05) is 6.07 Å². The average molecular weight is 339 g/mol. The van der Waals surface area contributed by atoms with Crippen LogP contribution in [0.3, 0.4) is 0 Å². The number of hydrogen-bond acceptors (Lipinski definition) is 6. The number of hydrogen-bond donors (Lipinski definition) is 1. The minimum atomic E-state index is -0.0195. The molecule has 130 valence electrons. The Morgan fingerprint density at radius 2 is 2.08 bits per heavy atom. The van der Waals surface area contributed by atoms with Crippen molar-refractivity contribution in [1.29, 1.82) is 0 Å². The maximum atomic E-state index is 12.4. The predicted octanol–water partition coefficient (Wildman–Crippen LogP) is 0.479. The molecule has 0 bridgehead atoms. The first kappa shape index (κ1) is 15.8. The highest BCUT2D eigenvalue weighted by Crippen LogP contribution is 2.15. The summed E-state index contributed by atoms with van der Waals surface area (Å²) in [6.45, 7) is 2.46. The van der Waals surface area contributed by atoms with E-state index in [4.69, 9.17) is 0 Å². The molecular formula is C17H21N7O. The van der Waals surface area contributed by atoms with E-state index in [1.807, 2.05) is 35.6 Å². The van der Waals surface area contributed by atoms with Gasteiger partial charge in [-0.3, -0.25) is 14.7 Å². The Kier molecular flexibility index (Phi) is 3.96. The standard InChI is InChI=1S/C17H21N7O/c1-22(2)17-20-14-7-9-23(8-6-13(14)16(25)21-17)10-12-4-3-5-15-18-11-19-24(12)15/h3-5,11H,6-10H2,1-2H3,(H,20,21,25). The number of fused-ring (bicyclic) bond motifs is 2. The van der Waals surface area contributed by atoms with Gasteiger partial charge in [0.1, 0.15) is 6.33 Å². The Morgan fingerprint density at radius 1 is 1.24 bits per heavy atom. The van der Waals surface area contributed by atoms with Crippen LogP contribution in [0, 0.1) is 0 Å². The fourth-order valence-corrected chi connectivity index (χ4v) is 3.26. The van der Waals surface area contributed by atoms with Crippen molar-refractivity contribution < 1.29 is 0 Å². The second-order valence-corrected chi connectivity index (χ2v) is 6.53. The summed E-state index contributed by atoms with van der Waals surface area (Å²) in [5.74, 6) is 0.615. The highest BCUT2D eigenvalue weighted by atomic mass is 16.1. The van der Waals surface area contributed by atoms with Crippen molar-refractivity contribution in [3.05, 3.63) is 51.8 Å². The molecule has 4 heterocycles. The van der Waals surface area contributed by atoms with Crippen molar-refractivity contribution in [3.8, 4) is 0 Å². The molecule has 8 nitrogen and oxygen atoms in total. The summed E-state index contributed by atoms with van der Waals surface area (Å²) in [5.41, 5.74) is 3.65. The second-order valence-electron chi connectivity index (χ2n) is 6.53. The van der Waals surface area contributed by atoms with Gasteiger partial charge < -0.3 is 4.90 Å². The zero-order valence-electron chi connectivity index (χ0n) is 14.4. The average Bonchev–Trinajstić information content (AvgIpc) is 2.98. The monoisotopic (exact) mass is 339 g/mol. The molecule has 1 aliphatic rings. The summed E-state index contributed by atoms with van der Waals surface area (Å²) < 4.78 is 1.87. The van der Waals surface area contributed by atoms with Gasteiger partial charge in [-0.05, 0) is 18.6 Å². The third-order valence-corrected chi connectivity index (χ3v) is 4.62. The van der Waals surface area contributed by atoms with Crippen LogP contribution in [0.2, 0.25) is 0 Å². The number of nitrogens with zero attached hydrogens (tertiary/aromatic N) is 6. The van der Waals surface area contributed by atoms with Crippen LogP contribution in [0.1, 0.15) is 17.0 Å². The zero-order chi connectivity index (χ0) is 17.4. The summed E-state index contributed by atoms with van der Waals surface area (Å²) in [7, 11) is 3.76. The Balaban J connectivity index is 1.57. The minimum Gasteiger partial charge on any atom is -0.348 e. The first-order chi connectivity index (χ1) is 12.1. The number of H-pyrrole nitrogens is 1. The molecule has 0 spiro atoms. The molecule has 3 aromatic rings. The van der Waals surface area contributed by atoms with Crippen molar-refractivity contribution in [2.45, 2.75) is 19.4 Å². The normalized spacial score (nSPS) is 15.1. The van der Waals surface area contributed by atoms with Crippen molar-refractivity contribution in [1.82, 2.24) is 29.5 Å². The molecule has 0 aromatic carbocycles. The molecule has 0 aliphatic carbocycles. The third kappa shape index (κ3) is 3.00. The molecule has 1 aliphatic heterocycles. The summed E-state index contributed by atoms with van der Waals surface area (Å²) in [6.07, 6.45) is 3.05. The summed E-state index contributed by atoms with van der Waals surface area (Å²) in [6, 6.07) is 6.01. The molecule has 8 heteroatoms. The van der Waals surface area contributed by atoms with Crippen LogP contribution in [0.15, 0.2) is 29.3 Å². The number of rotatable bonds is 3. The van der Waals surface area contributed by atoms with Crippen LogP contribution in [0.25, 0.3) is 5.65 Å². The predicted molar refractivity (Wildman–Crippen MR) is 94.9 cm³/mol. The van der Waals surface area contributed by atoms with Gasteiger partial charge in [0, 0.05) is 45.7 Å².